The molecule has 180 valence electrons. The zero-order chi connectivity index (χ0) is 25.4. The number of thiocarbonyl (C=S) groups is 1. The maximum atomic E-state index is 14.1. The van der Waals surface area contributed by atoms with Crippen molar-refractivity contribution >= 4 is 40.0 Å². The molecule has 0 radical (unpaired) electrons. The van der Waals surface area contributed by atoms with E-state index in [1.165, 1.54) is 0 Å². The first-order chi connectivity index (χ1) is 16.6. The number of carbonyl (C=O) groups is 1. The number of halogens is 4. The molecule has 4 aromatic rings. The van der Waals surface area contributed by atoms with E-state index in [2.05, 4.69) is 15.0 Å². The van der Waals surface area contributed by atoms with Gasteiger partial charge in [-0.25, -0.2) is 13.8 Å². The minimum absolute atomic E-state index is 0.356. The number of benzene rings is 3. The standard InChI is InChI=1S/C24H17F4N3O3S/c1-10-8-14-15(9-11(10)2)34-23(30-14)12-4-6-13(7-5-12)29-24(35)31-22(32)16-17(25)19(27)21(33-3)20(28)18(16)26/h4-9H,1-3H3,(H2,29,31,32,35). The summed E-state index contributed by atoms with van der Waals surface area (Å²) in [5.41, 5.74) is 3.16. The third-order valence-electron chi connectivity index (χ3n) is 5.27. The number of ether oxygens (including phenoxy) is 1. The molecule has 4 rings (SSSR count). The minimum Gasteiger partial charge on any atom is -0.491 e. The Morgan fingerprint density at radius 3 is 2.17 bits per heavy atom. The van der Waals surface area contributed by atoms with Crippen molar-refractivity contribution in [2.24, 2.45) is 0 Å². The highest BCUT2D eigenvalue weighted by Gasteiger charge is 2.30. The van der Waals surface area contributed by atoms with Gasteiger partial charge in [-0.15, -0.1) is 0 Å². The van der Waals surface area contributed by atoms with Gasteiger partial charge in [0.2, 0.25) is 17.5 Å². The van der Waals surface area contributed by atoms with Gasteiger partial charge >= 0.3 is 0 Å². The molecule has 1 amide bonds. The molecule has 2 N–H and O–H groups in total. The molecule has 1 aromatic heterocycles. The van der Waals surface area contributed by atoms with Gasteiger partial charge in [0.05, 0.1) is 7.11 Å². The van der Waals surface area contributed by atoms with E-state index in [1.54, 1.807) is 24.3 Å². The van der Waals surface area contributed by atoms with Gasteiger partial charge in [-0.3, -0.25) is 10.1 Å². The average molecular weight is 503 g/mol. The lowest BCUT2D eigenvalue weighted by molar-refractivity contribution is 0.0966. The van der Waals surface area contributed by atoms with Crippen LogP contribution < -0.4 is 15.4 Å². The SMILES string of the molecule is COc1c(F)c(F)c(C(=O)NC(=S)Nc2ccc(-c3nc4cc(C)c(C)cc4o3)cc2)c(F)c1F. The second-order valence-corrected chi connectivity index (χ2v) is 7.98. The predicted octanol–water partition coefficient (Wildman–Crippen LogP) is 5.80. The van der Waals surface area contributed by atoms with Crippen LogP contribution in [0.2, 0.25) is 0 Å². The summed E-state index contributed by atoms with van der Waals surface area (Å²) in [6.45, 7) is 3.96. The fourth-order valence-corrected chi connectivity index (χ4v) is 3.53. The number of rotatable bonds is 4. The quantitative estimate of drug-likeness (QED) is 0.208. The fourth-order valence-electron chi connectivity index (χ4n) is 3.32. The van der Waals surface area contributed by atoms with Gasteiger partial charge in [-0.2, -0.15) is 8.78 Å². The Kier molecular flexibility index (Phi) is 6.44. The van der Waals surface area contributed by atoms with E-state index < -0.39 is 40.5 Å². The van der Waals surface area contributed by atoms with Crippen molar-refractivity contribution in [2.75, 3.05) is 12.4 Å². The molecule has 0 unspecified atom stereocenters. The molecule has 0 bridgehead atoms. The Bertz CT molecular complexity index is 1420. The summed E-state index contributed by atoms with van der Waals surface area (Å²) in [7, 11) is 0.830. The summed E-state index contributed by atoms with van der Waals surface area (Å²) >= 11 is 4.98. The highest BCUT2D eigenvalue weighted by Crippen LogP contribution is 2.30. The average Bonchev–Trinajstić information content (AvgIpc) is 3.21. The van der Waals surface area contributed by atoms with E-state index in [0.29, 0.717) is 22.7 Å². The van der Waals surface area contributed by atoms with Crippen LogP contribution in [0, 0.1) is 37.1 Å². The van der Waals surface area contributed by atoms with E-state index in [4.69, 9.17) is 16.6 Å². The predicted molar refractivity (Wildman–Crippen MR) is 125 cm³/mol. The Balaban J connectivity index is 1.48. The van der Waals surface area contributed by atoms with E-state index in [9.17, 15) is 22.4 Å². The number of oxazole rings is 1. The van der Waals surface area contributed by atoms with Crippen molar-refractivity contribution in [1.29, 1.82) is 0 Å². The number of methoxy groups -OCH3 is 1. The largest absolute Gasteiger partial charge is 0.491 e. The van der Waals surface area contributed by atoms with Gasteiger partial charge in [-0.05, 0) is 73.6 Å². The summed E-state index contributed by atoms with van der Waals surface area (Å²) in [5.74, 6) is -9.84. The van der Waals surface area contributed by atoms with Crippen LogP contribution in [0.15, 0.2) is 40.8 Å². The van der Waals surface area contributed by atoms with Crippen molar-refractivity contribution in [1.82, 2.24) is 10.3 Å². The molecule has 0 aliphatic carbocycles. The maximum Gasteiger partial charge on any atom is 0.263 e. The molecule has 0 fully saturated rings. The van der Waals surface area contributed by atoms with Gasteiger partial charge in [0.15, 0.2) is 28.1 Å². The molecular formula is C24H17F4N3O3S. The molecule has 6 nitrogen and oxygen atoms in total. The summed E-state index contributed by atoms with van der Waals surface area (Å²) < 4.78 is 66.2. The molecule has 0 saturated carbocycles. The number of amides is 1. The Morgan fingerprint density at radius 1 is 0.971 bits per heavy atom. The molecule has 3 aromatic carbocycles. The van der Waals surface area contributed by atoms with Crippen molar-refractivity contribution in [3.05, 3.63) is 76.4 Å². The molecule has 0 aliphatic rings. The smallest absolute Gasteiger partial charge is 0.263 e. The number of hydrogen-bond acceptors (Lipinski definition) is 5. The molecule has 11 heteroatoms. The topological polar surface area (TPSA) is 76.4 Å². The van der Waals surface area contributed by atoms with Crippen LogP contribution in [0.3, 0.4) is 0 Å². The molecule has 1 heterocycles. The molecular weight excluding hydrogens is 486 g/mol. The number of nitrogens with one attached hydrogen (secondary N) is 2. The first kappa shape index (κ1) is 24.1. The van der Waals surface area contributed by atoms with Crippen LogP contribution in [0.5, 0.6) is 5.75 Å². The van der Waals surface area contributed by atoms with Crippen molar-refractivity contribution in [3.8, 4) is 17.2 Å². The Labute approximate surface area is 201 Å². The zero-order valence-electron chi connectivity index (χ0n) is 18.6. The number of anilines is 1. The Hall–Kier alpha value is -3.99. The van der Waals surface area contributed by atoms with Gasteiger partial charge in [-0.1, -0.05) is 0 Å². The van der Waals surface area contributed by atoms with Gasteiger partial charge in [0.25, 0.3) is 5.91 Å². The molecule has 0 atom stereocenters. The number of hydrogen-bond donors (Lipinski definition) is 2. The van der Waals surface area contributed by atoms with Gasteiger partial charge in [0, 0.05) is 11.3 Å². The number of carbonyl (C=O) groups excluding carboxylic acids is 1. The lowest BCUT2D eigenvalue weighted by Gasteiger charge is -2.13. The van der Waals surface area contributed by atoms with Crippen molar-refractivity contribution < 1.29 is 31.5 Å². The van der Waals surface area contributed by atoms with Crippen LogP contribution in [-0.2, 0) is 0 Å². The first-order valence-corrected chi connectivity index (χ1v) is 10.5. The highest BCUT2D eigenvalue weighted by molar-refractivity contribution is 7.80. The third-order valence-corrected chi connectivity index (χ3v) is 5.48. The van der Waals surface area contributed by atoms with E-state index in [0.717, 1.165) is 23.8 Å². The van der Waals surface area contributed by atoms with Crippen LogP contribution in [0.25, 0.3) is 22.6 Å². The van der Waals surface area contributed by atoms with Crippen molar-refractivity contribution in [3.63, 3.8) is 0 Å². The van der Waals surface area contributed by atoms with E-state index in [1.807, 2.05) is 31.3 Å². The van der Waals surface area contributed by atoms with Crippen LogP contribution >= 0.6 is 12.2 Å². The minimum atomic E-state index is -1.91. The zero-order valence-corrected chi connectivity index (χ0v) is 19.4. The fraction of sp³-hybridized carbons (Fsp3) is 0.125. The second-order valence-electron chi connectivity index (χ2n) is 7.57. The normalized spacial score (nSPS) is 10.9. The lowest BCUT2D eigenvalue weighted by Crippen LogP contribution is -2.35. The van der Waals surface area contributed by atoms with Crippen LogP contribution in [0.1, 0.15) is 21.5 Å². The van der Waals surface area contributed by atoms with E-state index >= 15 is 0 Å². The second kappa shape index (κ2) is 9.34. The number of aryl methyl sites for hydroxylation is 2. The molecule has 0 spiro atoms. The third kappa shape index (κ3) is 4.54. The number of fused-ring (bicyclic) bond motifs is 1. The maximum absolute atomic E-state index is 14.1. The van der Waals surface area contributed by atoms with Crippen LogP contribution in [-0.4, -0.2) is 23.1 Å². The summed E-state index contributed by atoms with van der Waals surface area (Å²) in [6.07, 6.45) is 0. The summed E-state index contributed by atoms with van der Waals surface area (Å²) in [6, 6.07) is 10.4. The molecule has 35 heavy (non-hydrogen) atoms. The summed E-state index contributed by atoms with van der Waals surface area (Å²) in [4.78, 5) is 16.7. The van der Waals surface area contributed by atoms with Crippen LogP contribution in [0.4, 0.5) is 23.2 Å². The number of aromatic nitrogens is 1. The molecule has 0 aliphatic heterocycles. The number of nitrogens with zero attached hydrogens (tertiary/aromatic N) is 1. The van der Waals surface area contributed by atoms with Gasteiger partial charge in [0.1, 0.15) is 11.1 Å². The Morgan fingerprint density at radius 2 is 1.57 bits per heavy atom. The monoisotopic (exact) mass is 503 g/mol. The van der Waals surface area contributed by atoms with Gasteiger partial charge < -0.3 is 14.5 Å². The summed E-state index contributed by atoms with van der Waals surface area (Å²) in [5, 5.41) is 4.28. The van der Waals surface area contributed by atoms with E-state index in [-0.39, 0.29) is 5.11 Å². The first-order valence-electron chi connectivity index (χ1n) is 10.1. The lowest BCUT2D eigenvalue weighted by atomic mass is 10.1. The highest BCUT2D eigenvalue weighted by atomic mass is 32.1. The molecule has 0 saturated heterocycles. The van der Waals surface area contributed by atoms with Crippen molar-refractivity contribution in [2.45, 2.75) is 13.8 Å².